The van der Waals surface area contributed by atoms with Crippen molar-refractivity contribution in [3.63, 3.8) is 0 Å². The number of carbonyl (C=O) groups excluding carboxylic acids is 1. The summed E-state index contributed by atoms with van der Waals surface area (Å²) in [5.74, 6) is 0. The summed E-state index contributed by atoms with van der Waals surface area (Å²) in [6.45, 7) is 0.847. The quantitative estimate of drug-likeness (QED) is 0.681. The molecule has 0 aliphatic carbocycles. The third-order valence-corrected chi connectivity index (χ3v) is 5.34. The van der Waals surface area contributed by atoms with Crippen molar-refractivity contribution in [3.05, 3.63) is 30.3 Å². The van der Waals surface area contributed by atoms with Gasteiger partial charge in [0.15, 0.2) is 0 Å². The first kappa shape index (κ1) is 10.3. The standard InChI is InChI=1S/C9H11F2N2OP/c1-12-9(14)13(15(12,2,10)11)8-6-4-3-5-7-8/h3-7H,1-2H3. The van der Waals surface area contributed by atoms with Crippen LogP contribution in [0.25, 0.3) is 0 Å². The Morgan fingerprint density at radius 1 is 1.20 bits per heavy atom. The van der Waals surface area contributed by atoms with Gasteiger partial charge < -0.3 is 0 Å². The molecule has 0 N–H and O–H groups in total. The predicted octanol–water partition coefficient (Wildman–Crippen LogP) is 3.34. The third kappa shape index (κ3) is 1.23. The van der Waals surface area contributed by atoms with E-state index < -0.39 is 13.6 Å². The molecule has 82 valence electrons. The summed E-state index contributed by atoms with van der Waals surface area (Å²) in [4.78, 5) is 11.4. The van der Waals surface area contributed by atoms with Crippen molar-refractivity contribution in [3.8, 4) is 0 Å². The van der Waals surface area contributed by atoms with E-state index in [0.717, 1.165) is 13.7 Å². The Hall–Kier alpha value is -1.22. The number of amides is 2. The number of rotatable bonds is 1. The number of hydrogen-bond acceptors (Lipinski definition) is 1. The maximum atomic E-state index is 14.0. The summed E-state index contributed by atoms with van der Waals surface area (Å²) in [6, 6.07) is 7.36. The van der Waals surface area contributed by atoms with Crippen LogP contribution in [0.3, 0.4) is 0 Å². The molecule has 0 atom stereocenters. The molecule has 15 heavy (non-hydrogen) atoms. The molecule has 0 bridgehead atoms. The molecular formula is C9H11F2N2OP. The first-order valence-electron chi connectivity index (χ1n) is 4.42. The van der Waals surface area contributed by atoms with Crippen LogP contribution in [-0.2, 0) is 0 Å². The van der Waals surface area contributed by atoms with E-state index in [2.05, 4.69) is 0 Å². The number of carbonyl (C=O) groups is 1. The average molecular weight is 232 g/mol. The molecule has 1 aromatic carbocycles. The monoisotopic (exact) mass is 232 g/mol. The normalized spacial score (nSPS) is 25.3. The SMILES string of the molecule is CN1C(=O)N(c2ccccc2)P1(C)(F)F. The first-order chi connectivity index (χ1) is 6.83. The van der Waals surface area contributed by atoms with Gasteiger partial charge in [0, 0.05) is 0 Å². The summed E-state index contributed by atoms with van der Waals surface area (Å²) in [5.41, 5.74) is 0.255. The summed E-state index contributed by atoms with van der Waals surface area (Å²) in [6.07, 6.45) is 0. The van der Waals surface area contributed by atoms with Gasteiger partial charge in [-0.2, -0.15) is 0 Å². The van der Waals surface area contributed by atoms with E-state index in [0.29, 0.717) is 9.34 Å². The van der Waals surface area contributed by atoms with E-state index >= 15 is 0 Å². The van der Waals surface area contributed by atoms with Gasteiger partial charge >= 0.3 is 85.8 Å². The van der Waals surface area contributed by atoms with Crippen molar-refractivity contribution in [1.29, 1.82) is 0 Å². The minimum absolute atomic E-state index is 0.255. The van der Waals surface area contributed by atoms with Crippen LogP contribution in [-0.4, -0.2) is 24.4 Å². The van der Waals surface area contributed by atoms with Crippen molar-refractivity contribution in [2.45, 2.75) is 0 Å². The van der Waals surface area contributed by atoms with Crippen molar-refractivity contribution in [1.82, 2.24) is 4.67 Å². The van der Waals surface area contributed by atoms with Gasteiger partial charge in [-0.1, -0.05) is 0 Å². The molecule has 1 aliphatic heterocycles. The summed E-state index contributed by atoms with van der Waals surface area (Å²) >= 11 is 0. The van der Waals surface area contributed by atoms with E-state index in [1.165, 1.54) is 12.1 Å². The zero-order valence-electron chi connectivity index (χ0n) is 8.39. The van der Waals surface area contributed by atoms with E-state index in [1.54, 1.807) is 18.2 Å². The third-order valence-electron chi connectivity index (χ3n) is 2.56. The molecule has 3 nitrogen and oxygen atoms in total. The number of benzene rings is 1. The van der Waals surface area contributed by atoms with Crippen molar-refractivity contribution in [2.24, 2.45) is 0 Å². The fraction of sp³-hybridized carbons (Fsp3) is 0.222. The van der Waals surface area contributed by atoms with Crippen LogP contribution in [0.1, 0.15) is 0 Å². The molecule has 2 amide bonds. The van der Waals surface area contributed by atoms with Crippen molar-refractivity contribution >= 4 is 19.2 Å². The Morgan fingerprint density at radius 2 is 1.73 bits per heavy atom. The minimum atomic E-state index is -5.14. The van der Waals surface area contributed by atoms with Gasteiger partial charge in [0.2, 0.25) is 0 Å². The van der Waals surface area contributed by atoms with Gasteiger partial charge in [0.1, 0.15) is 0 Å². The van der Waals surface area contributed by atoms with Crippen LogP contribution in [0, 0.1) is 0 Å². The van der Waals surface area contributed by atoms with Gasteiger partial charge in [0.05, 0.1) is 0 Å². The number of hydrogen-bond donors (Lipinski definition) is 0. The predicted molar refractivity (Wildman–Crippen MR) is 57.1 cm³/mol. The van der Waals surface area contributed by atoms with Crippen molar-refractivity contribution < 1.29 is 13.2 Å². The Labute approximate surface area is 86.6 Å². The van der Waals surface area contributed by atoms with Crippen LogP contribution in [0.2, 0.25) is 0 Å². The summed E-state index contributed by atoms with van der Waals surface area (Å²) in [7, 11) is -4.00. The second-order valence-corrected chi connectivity index (χ2v) is 7.03. The van der Waals surface area contributed by atoms with Crippen LogP contribution in [0.4, 0.5) is 18.9 Å². The second kappa shape index (κ2) is 2.67. The molecule has 0 unspecified atom stereocenters. The molecule has 1 saturated heterocycles. The molecule has 1 aliphatic rings. The number of halogens is 2. The van der Waals surface area contributed by atoms with Gasteiger partial charge in [0.25, 0.3) is 0 Å². The van der Waals surface area contributed by atoms with Crippen LogP contribution < -0.4 is 4.67 Å². The van der Waals surface area contributed by atoms with Gasteiger partial charge in [-0.3, -0.25) is 0 Å². The first-order valence-corrected chi connectivity index (χ1v) is 6.79. The fourth-order valence-corrected chi connectivity index (χ4v) is 3.31. The molecule has 2 rings (SSSR count). The Kier molecular flexibility index (Phi) is 1.83. The van der Waals surface area contributed by atoms with Crippen LogP contribution in [0.5, 0.6) is 0 Å². The van der Waals surface area contributed by atoms with Crippen LogP contribution in [0.15, 0.2) is 30.3 Å². The molecular weight excluding hydrogens is 221 g/mol. The van der Waals surface area contributed by atoms with Crippen LogP contribution >= 0.6 is 7.53 Å². The van der Waals surface area contributed by atoms with Gasteiger partial charge in [-0.15, -0.1) is 0 Å². The molecule has 0 saturated carbocycles. The van der Waals surface area contributed by atoms with Crippen molar-refractivity contribution in [2.75, 3.05) is 18.4 Å². The Morgan fingerprint density at radius 3 is 2.20 bits per heavy atom. The van der Waals surface area contributed by atoms with E-state index in [9.17, 15) is 13.2 Å². The fourth-order valence-electron chi connectivity index (χ4n) is 1.54. The molecule has 0 aromatic heterocycles. The van der Waals surface area contributed by atoms with Gasteiger partial charge in [-0.05, 0) is 0 Å². The zero-order valence-corrected chi connectivity index (χ0v) is 9.29. The Balaban J connectivity index is 2.45. The second-order valence-electron chi connectivity index (χ2n) is 3.65. The molecule has 1 heterocycles. The molecule has 1 fully saturated rings. The molecule has 0 radical (unpaired) electrons. The number of anilines is 1. The van der Waals surface area contributed by atoms with E-state index in [-0.39, 0.29) is 5.69 Å². The molecule has 6 heteroatoms. The molecule has 0 spiro atoms. The molecule has 1 aromatic rings. The van der Waals surface area contributed by atoms with E-state index in [1.807, 2.05) is 0 Å². The van der Waals surface area contributed by atoms with Gasteiger partial charge in [-0.25, -0.2) is 0 Å². The summed E-state index contributed by atoms with van der Waals surface area (Å²) < 4.78 is 29.1. The topological polar surface area (TPSA) is 23.6 Å². The number of para-hydroxylation sites is 1. The maximum absolute atomic E-state index is 14.0. The number of urea groups is 1. The number of nitrogens with zero attached hydrogens (tertiary/aromatic N) is 2. The Bertz CT molecular complexity index is 415. The summed E-state index contributed by atoms with van der Waals surface area (Å²) in [5, 5.41) is 0. The zero-order chi connectivity index (χ0) is 11.3. The average Bonchev–Trinajstić information content (AvgIpc) is 2.17. The van der Waals surface area contributed by atoms with E-state index in [4.69, 9.17) is 0 Å².